The fourth-order valence-electron chi connectivity index (χ4n) is 1.67. The van der Waals surface area contributed by atoms with Crippen LogP contribution in [-0.2, 0) is 30.7 Å². The Balaban J connectivity index is -0.000000480. The summed E-state index contributed by atoms with van der Waals surface area (Å²) in [6, 6.07) is 0. The molecule has 0 radical (unpaired) electrons. The quantitative estimate of drug-likeness (QED) is 0.688. The predicted molar refractivity (Wildman–Crippen MR) is 51.4 cm³/mol. The van der Waals surface area contributed by atoms with Crippen molar-refractivity contribution in [3.63, 3.8) is 0 Å². The molecule has 0 amide bonds. The van der Waals surface area contributed by atoms with Crippen LogP contribution in [0.4, 0.5) is 0 Å². The van der Waals surface area contributed by atoms with Crippen LogP contribution in [0.2, 0.25) is 0 Å². The normalized spacial score (nSPS) is 17.3. The maximum atomic E-state index is 10.7. The summed E-state index contributed by atoms with van der Waals surface area (Å²) >= 11 is 0. The van der Waals surface area contributed by atoms with E-state index < -0.39 is 17.4 Å². The van der Waals surface area contributed by atoms with E-state index in [4.69, 9.17) is 10.2 Å². The molecule has 0 saturated heterocycles. The second-order valence-electron chi connectivity index (χ2n) is 3.25. The van der Waals surface area contributed by atoms with Gasteiger partial charge in [0, 0.05) is 0 Å². The van der Waals surface area contributed by atoms with Gasteiger partial charge in [0.25, 0.3) is 0 Å². The molecule has 0 aromatic rings. The van der Waals surface area contributed by atoms with Gasteiger partial charge in [-0.25, -0.2) is 0 Å². The number of hydrogen-bond donors (Lipinski definition) is 2. The van der Waals surface area contributed by atoms with Crippen molar-refractivity contribution in [2.45, 2.75) is 32.1 Å². The Kier molecular flexibility index (Phi) is 10.4. The summed E-state index contributed by atoms with van der Waals surface area (Å²) in [5.41, 5.74) is -1.49. The molecule has 0 aromatic heterocycles. The summed E-state index contributed by atoms with van der Waals surface area (Å²) in [6.07, 6.45) is 2.91. The SMILES string of the molecule is O=C(O)C1(C(=O)O)CCCCC1.[NH2-].[NH2-].[Pt+2]. The molecule has 0 bridgehead atoms. The van der Waals surface area contributed by atoms with E-state index >= 15 is 0 Å². The first-order valence-electron chi connectivity index (χ1n) is 4.06. The van der Waals surface area contributed by atoms with Crippen LogP contribution in [0.3, 0.4) is 0 Å². The van der Waals surface area contributed by atoms with Gasteiger partial charge >= 0.3 is 33.0 Å². The van der Waals surface area contributed by atoms with Gasteiger partial charge in [-0.1, -0.05) is 19.3 Å². The van der Waals surface area contributed by atoms with E-state index in [-0.39, 0.29) is 46.2 Å². The van der Waals surface area contributed by atoms with Crippen LogP contribution >= 0.6 is 0 Å². The molecule has 1 aliphatic rings. The van der Waals surface area contributed by atoms with Gasteiger partial charge < -0.3 is 22.5 Å². The molecule has 7 heteroatoms. The molecule has 0 aliphatic heterocycles. The van der Waals surface area contributed by atoms with E-state index in [1.54, 1.807) is 0 Å². The molecule has 6 nitrogen and oxygen atoms in total. The Morgan fingerprint density at radius 3 is 1.40 bits per heavy atom. The molecule has 92 valence electrons. The third-order valence-electron chi connectivity index (χ3n) is 2.53. The van der Waals surface area contributed by atoms with Crippen LogP contribution in [0.1, 0.15) is 32.1 Å². The van der Waals surface area contributed by atoms with Crippen molar-refractivity contribution < 1.29 is 40.9 Å². The third-order valence-corrected chi connectivity index (χ3v) is 2.53. The molecule has 0 spiro atoms. The fourth-order valence-corrected chi connectivity index (χ4v) is 1.67. The first-order valence-corrected chi connectivity index (χ1v) is 4.06. The van der Waals surface area contributed by atoms with Crippen molar-refractivity contribution in [3.05, 3.63) is 12.3 Å². The molecular formula is C8H16N2O4Pt. The minimum Gasteiger partial charge on any atom is -0.693 e. The Labute approximate surface area is 103 Å². The first-order chi connectivity index (χ1) is 5.59. The number of nitrogens with two attached hydrogens (primary N) is 2. The van der Waals surface area contributed by atoms with Crippen molar-refractivity contribution >= 4 is 11.9 Å². The van der Waals surface area contributed by atoms with Gasteiger partial charge in [-0.15, -0.1) is 0 Å². The molecule has 1 saturated carbocycles. The average molecular weight is 399 g/mol. The van der Waals surface area contributed by atoms with Gasteiger partial charge in [0.05, 0.1) is 0 Å². The van der Waals surface area contributed by atoms with Crippen LogP contribution in [0.15, 0.2) is 0 Å². The van der Waals surface area contributed by atoms with E-state index in [1.807, 2.05) is 0 Å². The minimum absolute atomic E-state index is 0. The molecule has 0 unspecified atom stereocenters. The van der Waals surface area contributed by atoms with Crippen LogP contribution in [0.5, 0.6) is 0 Å². The third kappa shape index (κ3) is 3.89. The number of rotatable bonds is 2. The van der Waals surface area contributed by atoms with Crippen molar-refractivity contribution in [3.8, 4) is 0 Å². The smallest absolute Gasteiger partial charge is 0.693 e. The zero-order valence-electron chi connectivity index (χ0n) is 8.22. The van der Waals surface area contributed by atoms with Gasteiger partial charge in [0.2, 0.25) is 0 Å². The van der Waals surface area contributed by atoms with Crippen molar-refractivity contribution in [2.75, 3.05) is 0 Å². The Morgan fingerprint density at radius 1 is 0.867 bits per heavy atom. The number of carboxylic acids is 2. The summed E-state index contributed by atoms with van der Waals surface area (Å²) in [4.78, 5) is 21.5. The molecule has 1 fully saturated rings. The van der Waals surface area contributed by atoms with Crippen molar-refractivity contribution in [1.29, 1.82) is 0 Å². The first kappa shape index (κ1) is 20.0. The summed E-state index contributed by atoms with van der Waals surface area (Å²) in [5.74, 6) is -2.37. The number of aliphatic carboxylic acids is 2. The molecule has 1 rings (SSSR count). The predicted octanol–water partition coefficient (Wildman–Crippen LogP) is 2.54. The zero-order chi connectivity index (χ0) is 9.19. The van der Waals surface area contributed by atoms with Gasteiger partial charge in [-0.05, 0) is 12.8 Å². The summed E-state index contributed by atoms with van der Waals surface area (Å²) in [5, 5.41) is 17.6. The summed E-state index contributed by atoms with van der Waals surface area (Å²) in [7, 11) is 0. The van der Waals surface area contributed by atoms with E-state index in [2.05, 4.69) is 0 Å². The Hall–Kier alpha value is -0.452. The number of hydrogen-bond acceptors (Lipinski definition) is 2. The Bertz CT molecular complexity index is 201. The van der Waals surface area contributed by atoms with Crippen LogP contribution < -0.4 is 0 Å². The molecule has 1 aliphatic carbocycles. The average Bonchev–Trinajstić information content (AvgIpc) is 2.05. The van der Waals surface area contributed by atoms with Gasteiger partial charge in [-0.2, -0.15) is 0 Å². The maximum Gasteiger partial charge on any atom is 2.00 e. The van der Waals surface area contributed by atoms with E-state index in [0.29, 0.717) is 12.8 Å². The van der Waals surface area contributed by atoms with E-state index in [0.717, 1.165) is 6.42 Å². The van der Waals surface area contributed by atoms with Crippen LogP contribution in [0, 0.1) is 5.41 Å². The van der Waals surface area contributed by atoms with Crippen LogP contribution in [-0.4, -0.2) is 22.2 Å². The second-order valence-corrected chi connectivity index (χ2v) is 3.25. The van der Waals surface area contributed by atoms with Gasteiger partial charge in [0.1, 0.15) is 0 Å². The van der Waals surface area contributed by atoms with Crippen LogP contribution in [0.25, 0.3) is 12.3 Å². The molecule has 15 heavy (non-hydrogen) atoms. The fraction of sp³-hybridized carbons (Fsp3) is 0.750. The molecule has 6 N–H and O–H groups in total. The van der Waals surface area contributed by atoms with E-state index in [9.17, 15) is 9.59 Å². The second kappa shape index (κ2) is 7.79. The maximum absolute atomic E-state index is 10.7. The summed E-state index contributed by atoms with van der Waals surface area (Å²) < 4.78 is 0. The van der Waals surface area contributed by atoms with Gasteiger partial charge in [0.15, 0.2) is 5.41 Å². The standard InChI is InChI=1S/C8H12O4.2H2N.Pt/c9-6(10)8(7(11)12)4-2-1-3-5-8;;;/h1-5H2,(H,9,10)(H,11,12);2*1H2;/q;2*-1;+2. The topological polar surface area (TPSA) is 142 Å². The van der Waals surface area contributed by atoms with E-state index in [1.165, 1.54) is 0 Å². The minimum atomic E-state index is -1.49. The van der Waals surface area contributed by atoms with Crippen molar-refractivity contribution in [2.24, 2.45) is 5.41 Å². The molecule has 0 aromatic carbocycles. The summed E-state index contributed by atoms with van der Waals surface area (Å²) in [6.45, 7) is 0. The van der Waals surface area contributed by atoms with Gasteiger partial charge in [-0.3, -0.25) is 9.59 Å². The van der Waals surface area contributed by atoms with Crippen molar-refractivity contribution in [1.82, 2.24) is 0 Å². The molecular weight excluding hydrogens is 383 g/mol. The number of carboxylic acid groups (broad SMARTS) is 2. The molecule has 0 atom stereocenters. The monoisotopic (exact) mass is 399 g/mol. The zero-order valence-corrected chi connectivity index (χ0v) is 10.5. The molecule has 0 heterocycles. The number of carbonyl (C=O) groups is 2. The Morgan fingerprint density at radius 2 is 1.20 bits per heavy atom. The largest absolute Gasteiger partial charge is 2.00 e.